The molecule has 0 aliphatic carbocycles. The van der Waals surface area contributed by atoms with Gasteiger partial charge in [0.2, 0.25) is 0 Å². The number of para-hydroxylation sites is 1. The van der Waals surface area contributed by atoms with E-state index in [1.165, 1.54) is 23.9 Å². The van der Waals surface area contributed by atoms with Gasteiger partial charge in [0.15, 0.2) is 0 Å². The fraction of sp³-hybridized carbons (Fsp3) is 0. The minimum atomic E-state index is -0.292. The third-order valence-electron chi connectivity index (χ3n) is 3.52. The number of phenols is 1. The second-order valence-corrected chi connectivity index (χ2v) is 5.86. The zero-order valence-corrected chi connectivity index (χ0v) is 13.1. The molecular weight excluding hydrogens is 326 g/mol. The molecule has 0 fully saturated rings. The number of hydrogen-bond donors (Lipinski definition) is 1. The average molecular weight is 337 g/mol. The van der Waals surface area contributed by atoms with Crippen molar-refractivity contribution in [2.75, 3.05) is 0 Å². The van der Waals surface area contributed by atoms with E-state index in [4.69, 9.17) is 4.42 Å². The molecule has 6 nitrogen and oxygen atoms in total. The predicted molar refractivity (Wildman–Crippen MR) is 92.7 cm³/mol. The highest BCUT2D eigenvalue weighted by Crippen LogP contribution is 2.30. The zero-order chi connectivity index (χ0) is 16.5. The van der Waals surface area contributed by atoms with Gasteiger partial charge in [0, 0.05) is 16.5 Å². The highest BCUT2D eigenvalue weighted by molar-refractivity contribution is 7.17. The van der Waals surface area contributed by atoms with Crippen molar-refractivity contribution < 1.29 is 9.52 Å². The molecule has 0 atom stereocenters. The summed E-state index contributed by atoms with van der Waals surface area (Å²) in [5, 5.41) is 16.2. The molecule has 0 aliphatic heterocycles. The Morgan fingerprint density at radius 3 is 2.92 bits per heavy atom. The van der Waals surface area contributed by atoms with Gasteiger partial charge in [-0.1, -0.05) is 12.1 Å². The molecule has 0 saturated heterocycles. The van der Waals surface area contributed by atoms with E-state index in [0.717, 1.165) is 4.68 Å². The minimum absolute atomic E-state index is 0.0927. The lowest BCUT2D eigenvalue weighted by Crippen LogP contribution is -2.16. The summed E-state index contributed by atoms with van der Waals surface area (Å²) in [5.74, 6) is 0.706. The van der Waals surface area contributed by atoms with Crippen LogP contribution in [0.25, 0.3) is 21.5 Å². The van der Waals surface area contributed by atoms with Crippen LogP contribution in [0.15, 0.2) is 68.7 Å². The van der Waals surface area contributed by atoms with Gasteiger partial charge in [-0.3, -0.25) is 4.79 Å². The van der Waals surface area contributed by atoms with Crippen LogP contribution in [0.3, 0.4) is 0 Å². The Bertz CT molecular complexity index is 1090. The van der Waals surface area contributed by atoms with Crippen LogP contribution >= 0.6 is 11.3 Å². The number of phenolic OH excluding ortho intramolecular Hbond substituents is 1. The molecule has 3 heterocycles. The SMILES string of the molecule is O=c1c2c(-c3ccco3)csc2ncn1/N=C/c1ccccc1O. The molecule has 0 unspecified atom stereocenters. The van der Waals surface area contributed by atoms with Crippen molar-refractivity contribution in [2.24, 2.45) is 5.10 Å². The summed E-state index contributed by atoms with van der Waals surface area (Å²) in [6, 6.07) is 10.3. The summed E-state index contributed by atoms with van der Waals surface area (Å²) < 4.78 is 6.53. The lowest BCUT2D eigenvalue weighted by atomic mass is 10.2. The molecular formula is C17H11N3O3S. The Labute approximate surface area is 139 Å². The first-order valence-corrected chi connectivity index (χ1v) is 7.97. The van der Waals surface area contributed by atoms with Gasteiger partial charge in [-0.25, -0.2) is 4.98 Å². The van der Waals surface area contributed by atoms with Crippen molar-refractivity contribution in [3.05, 3.63) is 70.3 Å². The molecule has 0 amide bonds. The summed E-state index contributed by atoms with van der Waals surface area (Å²) in [5.41, 5.74) is 0.921. The Hall–Kier alpha value is -3.19. The topological polar surface area (TPSA) is 80.6 Å². The molecule has 0 bridgehead atoms. The van der Waals surface area contributed by atoms with Gasteiger partial charge in [-0.15, -0.1) is 11.3 Å². The molecule has 4 aromatic rings. The standard InChI is InChI=1S/C17H11N3O3S/c21-13-5-2-1-4-11(13)8-19-20-10-18-16-15(17(20)22)12(9-24-16)14-6-3-7-23-14/h1-10,21H/b19-8+. The quantitative estimate of drug-likeness (QED) is 0.582. The third-order valence-corrected chi connectivity index (χ3v) is 4.41. The van der Waals surface area contributed by atoms with Gasteiger partial charge < -0.3 is 9.52 Å². The highest BCUT2D eigenvalue weighted by Gasteiger charge is 2.14. The first-order valence-electron chi connectivity index (χ1n) is 7.09. The normalized spacial score (nSPS) is 11.5. The van der Waals surface area contributed by atoms with E-state index >= 15 is 0 Å². The monoisotopic (exact) mass is 337 g/mol. The summed E-state index contributed by atoms with van der Waals surface area (Å²) in [6.45, 7) is 0. The second-order valence-electron chi connectivity index (χ2n) is 5.00. The maximum atomic E-state index is 12.7. The number of benzene rings is 1. The first-order chi connectivity index (χ1) is 11.7. The lowest BCUT2D eigenvalue weighted by molar-refractivity contribution is 0.474. The molecule has 0 radical (unpaired) electrons. The van der Waals surface area contributed by atoms with Crippen LogP contribution in [0.1, 0.15) is 5.56 Å². The number of hydrogen-bond acceptors (Lipinski definition) is 6. The third kappa shape index (κ3) is 2.40. The van der Waals surface area contributed by atoms with Gasteiger partial charge in [0.1, 0.15) is 22.7 Å². The van der Waals surface area contributed by atoms with Crippen LogP contribution in [0, 0.1) is 0 Å². The van der Waals surface area contributed by atoms with E-state index < -0.39 is 0 Å². The van der Waals surface area contributed by atoms with Gasteiger partial charge >= 0.3 is 0 Å². The minimum Gasteiger partial charge on any atom is -0.507 e. The average Bonchev–Trinajstić information content (AvgIpc) is 3.25. The van der Waals surface area contributed by atoms with Gasteiger partial charge in [-0.05, 0) is 24.3 Å². The lowest BCUT2D eigenvalue weighted by Gasteiger charge is -2.00. The molecule has 0 spiro atoms. The van der Waals surface area contributed by atoms with Crippen molar-refractivity contribution in [1.82, 2.24) is 9.66 Å². The fourth-order valence-electron chi connectivity index (χ4n) is 2.34. The molecule has 4 rings (SSSR count). The van der Waals surface area contributed by atoms with Gasteiger partial charge in [0.05, 0.1) is 17.9 Å². The number of fused-ring (bicyclic) bond motifs is 1. The number of nitrogens with zero attached hydrogens (tertiary/aromatic N) is 3. The zero-order valence-electron chi connectivity index (χ0n) is 12.3. The summed E-state index contributed by atoms with van der Waals surface area (Å²) in [6.07, 6.45) is 4.34. The number of rotatable bonds is 3. The molecule has 118 valence electrons. The molecule has 1 aromatic carbocycles. The van der Waals surface area contributed by atoms with E-state index in [0.29, 0.717) is 27.1 Å². The number of aromatic nitrogens is 2. The van der Waals surface area contributed by atoms with Crippen molar-refractivity contribution in [3.8, 4) is 17.1 Å². The van der Waals surface area contributed by atoms with Crippen LogP contribution in [-0.4, -0.2) is 21.0 Å². The van der Waals surface area contributed by atoms with Crippen molar-refractivity contribution >= 4 is 27.8 Å². The Morgan fingerprint density at radius 1 is 1.25 bits per heavy atom. The smallest absolute Gasteiger partial charge is 0.283 e. The maximum absolute atomic E-state index is 12.7. The van der Waals surface area contributed by atoms with E-state index in [2.05, 4.69) is 10.1 Å². The maximum Gasteiger partial charge on any atom is 0.283 e. The highest BCUT2D eigenvalue weighted by atomic mass is 32.1. The largest absolute Gasteiger partial charge is 0.507 e. The van der Waals surface area contributed by atoms with Gasteiger partial charge in [-0.2, -0.15) is 9.78 Å². The van der Waals surface area contributed by atoms with Gasteiger partial charge in [0.25, 0.3) is 5.56 Å². The van der Waals surface area contributed by atoms with Crippen LogP contribution in [0.5, 0.6) is 5.75 Å². The number of aromatic hydroxyl groups is 1. The van der Waals surface area contributed by atoms with Crippen LogP contribution in [0.4, 0.5) is 0 Å². The van der Waals surface area contributed by atoms with E-state index in [-0.39, 0.29) is 11.3 Å². The summed E-state index contributed by atoms with van der Waals surface area (Å²) in [7, 11) is 0. The second kappa shape index (κ2) is 5.78. The van der Waals surface area contributed by atoms with E-state index in [9.17, 15) is 9.90 Å². The van der Waals surface area contributed by atoms with Crippen LogP contribution < -0.4 is 5.56 Å². The molecule has 3 aromatic heterocycles. The molecule has 0 aliphatic rings. The van der Waals surface area contributed by atoms with Crippen LogP contribution in [-0.2, 0) is 0 Å². The fourth-order valence-corrected chi connectivity index (χ4v) is 3.23. The van der Waals surface area contributed by atoms with Crippen molar-refractivity contribution in [2.45, 2.75) is 0 Å². The predicted octanol–water partition coefficient (Wildman–Crippen LogP) is 3.31. The van der Waals surface area contributed by atoms with E-state index in [1.807, 2.05) is 5.38 Å². The van der Waals surface area contributed by atoms with Crippen LogP contribution in [0.2, 0.25) is 0 Å². The number of thiophene rings is 1. The Morgan fingerprint density at radius 2 is 2.12 bits per heavy atom. The number of furan rings is 1. The Kier molecular flexibility index (Phi) is 3.47. The Balaban J connectivity index is 1.83. The summed E-state index contributed by atoms with van der Waals surface area (Å²) >= 11 is 1.38. The first kappa shape index (κ1) is 14.4. The van der Waals surface area contributed by atoms with E-state index in [1.54, 1.807) is 42.7 Å². The molecule has 7 heteroatoms. The summed E-state index contributed by atoms with van der Waals surface area (Å²) in [4.78, 5) is 17.6. The molecule has 24 heavy (non-hydrogen) atoms. The molecule has 0 saturated carbocycles. The van der Waals surface area contributed by atoms with Crippen molar-refractivity contribution in [1.29, 1.82) is 0 Å². The van der Waals surface area contributed by atoms with Crippen molar-refractivity contribution in [3.63, 3.8) is 0 Å². The molecule has 1 N–H and O–H groups in total.